The Balaban J connectivity index is 1.68. The highest BCUT2D eigenvalue weighted by molar-refractivity contribution is 5.31. The summed E-state index contributed by atoms with van der Waals surface area (Å²) in [4.78, 5) is 0. The Morgan fingerprint density at radius 3 is 2.59 bits per heavy atom. The maximum absolute atomic E-state index is 6.44. The third kappa shape index (κ3) is 1.15. The maximum Gasteiger partial charge on any atom is 0.0652 e. The molecule has 0 spiro atoms. The van der Waals surface area contributed by atoms with Gasteiger partial charge in [-0.3, -0.25) is 0 Å². The van der Waals surface area contributed by atoms with Crippen LogP contribution in [0.5, 0.6) is 0 Å². The Kier molecular flexibility index (Phi) is 1.76. The molecule has 94 valence electrons. The summed E-state index contributed by atoms with van der Waals surface area (Å²) >= 11 is 0. The van der Waals surface area contributed by atoms with Gasteiger partial charge in [0.25, 0.3) is 0 Å². The topological polar surface area (TPSA) is 9.23 Å². The van der Waals surface area contributed by atoms with Gasteiger partial charge in [-0.1, -0.05) is 19.1 Å². The molecular weight excluding hydrogens is 208 g/mol. The molecule has 17 heavy (non-hydrogen) atoms. The Morgan fingerprint density at radius 2 is 1.88 bits per heavy atom. The molecule has 5 rings (SSSR count). The molecular formula is C16H24O. The summed E-state index contributed by atoms with van der Waals surface area (Å²) in [6.45, 7) is 9.18. The van der Waals surface area contributed by atoms with Gasteiger partial charge in [0.05, 0.1) is 11.7 Å². The largest absolute Gasteiger partial charge is 0.372 e. The first-order chi connectivity index (χ1) is 7.93. The molecule has 0 aromatic carbocycles. The van der Waals surface area contributed by atoms with E-state index in [1.54, 1.807) is 0 Å². The van der Waals surface area contributed by atoms with E-state index in [-0.39, 0.29) is 5.60 Å². The van der Waals surface area contributed by atoms with E-state index in [4.69, 9.17) is 4.74 Å². The molecule has 7 unspecified atom stereocenters. The summed E-state index contributed by atoms with van der Waals surface area (Å²) in [6.07, 6.45) is 8.07. The molecule has 0 heterocycles. The van der Waals surface area contributed by atoms with Crippen molar-refractivity contribution in [1.82, 2.24) is 0 Å². The third-order valence-corrected chi connectivity index (χ3v) is 5.97. The standard InChI is InChI=1S/C16H24O/c1-15(2,3)17-14-11-10-9-7-5-6-8-16(4,12(9)14)13(10)11/h5-6,9-14H,7-8H2,1-4H3. The average molecular weight is 232 g/mol. The summed E-state index contributed by atoms with van der Waals surface area (Å²) in [5.74, 6) is 4.71. The van der Waals surface area contributed by atoms with Gasteiger partial charge in [0.1, 0.15) is 0 Å². The second-order valence-electron chi connectivity index (χ2n) is 7.98. The van der Waals surface area contributed by atoms with E-state index < -0.39 is 0 Å². The van der Waals surface area contributed by atoms with Crippen LogP contribution in [-0.2, 0) is 4.74 Å². The molecule has 0 N–H and O–H groups in total. The van der Waals surface area contributed by atoms with Crippen molar-refractivity contribution in [3.63, 3.8) is 0 Å². The zero-order valence-corrected chi connectivity index (χ0v) is 11.4. The van der Waals surface area contributed by atoms with Crippen LogP contribution < -0.4 is 0 Å². The van der Waals surface area contributed by atoms with Crippen molar-refractivity contribution >= 4 is 0 Å². The summed E-state index contributed by atoms with van der Waals surface area (Å²) in [5, 5.41) is 0. The molecule has 4 fully saturated rings. The highest BCUT2D eigenvalue weighted by Gasteiger charge is 2.82. The first-order valence-electron chi connectivity index (χ1n) is 7.26. The minimum absolute atomic E-state index is 0.0300. The third-order valence-electron chi connectivity index (χ3n) is 5.97. The van der Waals surface area contributed by atoms with Crippen LogP contribution in [0.25, 0.3) is 0 Å². The van der Waals surface area contributed by atoms with E-state index in [0.717, 1.165) is 29.6 Å². The lowest BCUT2D eigenvalue weighted by atomic mass is 9.75. The summed E-state index contributed by atoms with van der Waals surface area (Å²) in [6, 6.07) is 0. The van der Waals surface area contributed by atoms with E-state index in [0.29, 0.717) is 11.5 Å². The molecule has 1 heteroatoms. The van der Waals surface area contributed by atoms with Crippen LogP contribution in [0, 0.1) is 35.0 Å². The van der Waals surface area contributed by atoms with Crippen molar-refractivity contribution < 1.29 is 4.74 Å². The molecule has 0 saturated heterocycles. The van der Waals surface area contributed by atoms with Gasteiger partial charge in [-0.05, 0) is 68.6 Å². The number of ether oxygens (including phenoxy) is 1. The maximum atomic E-state index is 6.44. The highest BCUT2D eigenvalue weighted by Crippen LogP contribution is 2.83. The predicted molar refractivity (Wildman–Crippen MR) is 68.6 cm³/mol. The van der Waals surface area contributed by atoms with Crippen molar-refractivity contribution in [3.05, 3.63) is 12.2 Å². The van der Waals surface area contributed by atoms with Crippen LogP contribution in [0.1, 0.15) is 40.5 Å². The summed E-state index contributed by atoms with van der Waals surface area (Å²) < 4.78 is 6.44. The molecule has 0 radical (unpaired) electrons. The van der Waals surface area contributed by atoms with E-state index in [9.17, 15) is 0 Å². The van der Waals surface area contributed by atoms with E-state index in [1.807, 2.05) is 0 Å². The quantitative estimate of drug-likeness (QED) is 0.627. The fraction of sp³-hybridized carbons (Fsp3) is 0.875. The van der Waals surface area contributed by atoms with Crippen molar-refractivity contribution in [3.8, 4) is 0 Å². The van der Waals surface area contributed by atoms with E-state index >= 15 is 0 Å². The van der Waals surface area contributed by atoms with Gasteiger partial charge in [0.2, 0.25) is 0 Å². The van der Waals surface area contributed by atoms with Gasteiger partial charge in [0, 0.05) is 0 Å². The summed E-state index contributed by atoms with van der Waals surface area (Å²) in [5.41, 5.74) is 0.602. The predicted octanol–water partition coefficient (Wildman–Crippen LogP) is 3.65. The van der Waals surface area contributed by atoms with Gasteiger partial charge in [-0.25, -0.2) is 0 Å². The molecule has 1 nitrogen and oxygen atoms in total. The Morgan fingerprint density at radius 1 is 1.12 bits per heavy atom. The fourth-order valence-corrected chi connectivity index (χ4v) is 5.75. The molecule has 0 aliphatic heterocycles. The monoisotopic (exact) mass is 232 g/mol. The molecule has 4 saturated carbocycles. The van der Waals surface area contributed by atoms with Crippen molar-refractivity contribution in [2.45, 2.75) is 52.2 Å². The second-order valence-corrected chi connectivity index (χ2v) is 7.98. The molecule has 5 aliphatic rings. The van der Waals surface area contributed by atoms with Crippen LogP contribution in [-0.4, -0.2) is 11.7 Å². The number of hydrogen-bond donors (Lipinski definition) is 0. The lowest BCUT2D eigenvalue weighted by Crippen LogP contribution is -2.35. The normalized spacial score (nSPS) is 58.4. The number of hydrogen-bond acceptors (Lipinski definition) is 1. The van der Waals surface area contributed by atoms with E-state index in [2.05, 4.69) is 39.8 Å². The molecule has 5 aliphatic carbocycles. The first kappa shape index (κ1) is 10.6. The van der Waals surface area contributed by atoms with Gasteiger partial charge >= 0.3 is 0 Å². The molecule has 7 atom stereocenters. The van der Waals surface area contributed by atoms with Crippen LogP contribution in [0.15, 0.2) is 12.2 Å². The van der Waals surface area contributed by atoms with E-state index in [1.165, 1.54) is 12.8 Å². The zero-order valence-electron chi connectivity index (χ0n) is 11.4. The van der Waals surface area contributed by atoms with Crippen molar-refractivity contribution in [1.29, 1.82) is 0 Å². The smallest absolute Gasteiger partial charge is 0.0652 e. The van der Waals surface area contributed by atoms with Gasteiger partial charge < -0.3 is 4.74 Å². The molecule has 0 aromatic rings. The van der Waals surface area contributed by atoms with Gasteiger partial charge in [0.15, 0.2) is 0 Å². The van der Waals surface area contributed by atoms with Crippen LogP contribution >= 0.6 is 0 Å². The lowest BCUT2D eigenvalue weighted by Gasteiger charge is -2.34. The number of rotatable bonds is 1. The van der Waals surface area contributed by atoms with Gasteiger partial charge in [-0.2, -0.15) is 0 Å². The molecule has 0 amide bonds. The first-order valence-corrected chi connectivity index (χ1v) is 7.26. The Hall–Kier alpha value is -0.300. The highest BCUT2D eigenvalue weighted by atomic mass is 16.5. The minimum atomic E-state index is 0.0300. The van der Waals surface area contributed by atoms with Crippen LogP contribution in [0.3, 0.4) is 0 Å². The van der Waals surface area contributed by atoms with Crippen molar-refractivity contribution in [2.75, 3.05) is 0 Å². The fourth-order valence-electron chi connectivity index (χ4n) is 5.75. The lowest BCUT2D eigenvalue weighted by molar-refractivity contribution is -0.0893. The zero-order chi connectivity index (χ0) is 12.0. The minimum Gasteiger partial charge on any atom is -0.372 e. The van der Waals surface area contributed by atoms with Crippen LogP contribution in [0.2, 0.25) is 0 Å². The SMILES string of the molecule is CC(C)(C)OC1C2C3C4CC=CCC(C)(C41)C32. The second kappa shape index (κ2) is 2.82. The molecule has 6 bridgehead atoms. The number of allylic oxidation sites excluding steroid dienone is 2. The van der Waals surface area contributed by atoms with Gasteiger partial charge in [-0.15, -0.1) is 0 Å². The Bertz CT molecular complexity index is 391. The molecule has 0 aromatic heterocycles. The summed E-state index contributed by atoms with van der Waals surface area (Å²) in [7, 11) is 0. The van der Waals surface area contributed by atoms with Crippen LogP contribution in [0.4, 0.5) is 0 Å². The Labute approximate surface area is 105 Å². The van der Waals surface area contributed by atoms with Crippen molar-refractivity contribution in [2.24, 2.45) is 35.0 Å². The average Bonchev–Trinajstić information content (AvgIpc) is 2.74.